The zero-order valence-electron chi connectivity index (χ0n) is 18.6. The molecule has 0 aromatic heterocycles. The third-order valence-corrected chi connectivity index (χ3v) is 6.12. The van der Waals surface area contributed by atoms with Crippen LogP contribution in [-0.2, 0) is 6.54 Å². The third kappa shape index (κ3) is 6.39. The lowest BCUT2D eigenvalue weighted by atomic mass is 9.80. The molecule has 26 heavy (non-hydrogen) atoms. The van der Waals surface area contributed by atoms with Crippen LogP contribution in [0.5, 0.6) is 0 Å². The fourth-order valence-corrected chi connectivity index (χ4v) is 4.18. The number of rotatable bonds is 5. The molecule has 1 atom stereocenters. The standard InChI is InChI=1S/C24H42N2/c1-19(25(8)24(5,6)7)22-11-9-21(10-12-22)18-26-15-13-20(14-16-26)17-23(2,3)4/h9-12,19-20H,13-18H2,1-8H3. The minimum atomic E-state index is 0.190. The monoisotopic (exact) mass is 358 g/mol. The molecule has 2 rings (SSSR count). The maximum atomic E-state index is 2.64. The summed E-state index contributed by atoms with van der Waals surface area (Å²) in [5.74, 6) is 0.919. The minimum Gasteiger partial charge on any atom is -0.299 e. The van der Waals surface area contributed by atoms with E-state index in [4.69, 9.17) is 0 Å². The van der Waals surface area contributed by atoms with Gasteiger partial charge in [-0.15, -0.1) is 0 Å². The summed E-state index contributed by atoms with van der Waals surface area (Å²) in [7, 11) is 2.22. The van der Waals surface area contributed by atoms with Crippen molar-refractivity contribution in [1.82, 2.24) is 9.80 Å². The second-order valence-corrected chi connectivity index (χ2v) is 10.7. The molecule has 0 saturated carbocycles. The Morgan fingerprint density at radius 2 is 1.54 bits per heavy atom. The van der Waals surface area contributed by atoms with Crippen molar-refractivity contribution in [3.63, 3.8) is 0 Å². The van der Waals surface area contributed by atoms with Gasteiger partial charge in [-0.1, -0.05) is 45.0 Å². The van der Waals surface area contributed by atoms with Gasteiger partial charge in [0.05, 0.1) is 0 Å². The molecule has 1 aromatic carbocycles. The molecule has 1 heterocycles. The predicted octanol–water partition coefficient (Wildman–Crippen LogP) is 6.13. The van der Waals surface area contributed by atoms with E-state index in [1.807, 2.05) is 0 Å². The number of nitrogens with zero attached hydrogens (tertiary/aromatic N) is 2. The van der Waals surface area contributed by atoms with Gasteiger partial charge in [-0.2, -0.15) is 0 Å². The normalized spacial score (nSPS) is 19.1. The van der Waals surface area contributed by atoms with E-state index in [1.54, 1.807) is 0 Å². The van der Waals surface area contributed by atoms with E-state index >= 15 is 0 Å². The average Bonchev–Trinajstić information content (AvgIpc) is 2.54. The maximum Gasteiger partial charge on any atom is 0.0322 e. The van der Waals surface area contributed by atoms with E-state index in [9.17, 15) is 0 Å². The van der Waals surface area contributed by atoms with Gasteiger partial charge in [-0.3, -0.25) is 9.80 Å². The molecular formula is C24H42N2. The summed E-state index contributed by atoms with van der Waals surface area (Å²) in [5, 5.41) is 0. The summed E-state index contributed by atoms with van der Waals surface area (Å²) < 4.78 is 0. The van der Waals surface area contributed by atoms with Crippen LogP contribution in [0.4, 0.5) is 0 Å². The highest BCUT2D eigenvalue weighted by Gasteiger charge is 2.25. The van der Waals surface area contributed by atoms with Crippen molar-refractivity contribution >= 4 is 0 Å². The van der Waals surface area contributed by atoms with Gasteiger partial charge in [0.25, 0.3) is 0 Å². The molecule has 2 heteroatoms. The molecule has 0 aliphatic carbocycles. The van der Waals surface area contributed by atoms with Crippen molar-refractivity contribution in [2.75, 3.05) is 20.1 Å². The summed E-state index contributed by atoms with van der Waals surface area (Å²) >= 11 is 0. The second kappa shape index (κ2) is 8.44. The van der Waals surface area contributed by atoms with E-state index in [1.165, 1.54) is 43.5 Å². The molecule has 0 radical (unpaired) electrons. The Bertz CT molecular complexity index is 539. The SMILES string of the molecule is CC(c1ccc(CN2CCC(CC(C)(C)C)CC2)cc1)N(C)C(C)(C)C. The Labute approximate surface area is 163 Å². The van der Waals surface area contributed by atoms with Crippen LogP contribution in [0.1, 0.15) is 84.9 Å². The fourth-order valence-electron chi connectivity index (χ4n) is 4.18. The highest BCUT2D eigenvalue weighted by atomic mass is 15.2. The Morgan fingerprint density at radius 1 is 1.00 bits per heavy atom. The van der Waals surface area contributed by atoms with Gasteiger partial charge < -0.3 is 0 Å². The lowest BCUT2D eigenvalue weighted by Gasteiger charge is -2.37. The molecule has 1 aliphatic rings. The van der Waals surface area contributed by atoms with E-state index in [0.29, 0.717) is 11.5 Å². The molecule has 148 valence electrons. The molecule has 1 aromatic rings. The Hall–Kier alpha value is -0.860. The van der Waals surface area contributed by atoms with E-state index < -0.39 is 0 Å². The summed E-state index contributed by atoms with van der Waals surface area (Å²) in [5.41, 5.74) is 3.53. The number of benzene rings is 1. The van der Waals surface area contributed by atoms with Crippen molar-refractivity contribution in [2.45, 2.75) is 85.9 Å². The van der Waals surface area contributed by atoms with E-state index in [-0.39, 0.29) is 5.54 Å². The van der Waals surface area contributed by atoms with Gasteiger partial charge in [0.2, 0.25) is 0 Å². The Kier molecular flexibility index (Phi) is 6.96. The highest BCUT2D eigenvalue weighted by molar-refractivity contribution is 5.25. The van der Waals surface area contributed by atoms with Crippen LogP contribution in [0.2, 0.25) is 0 Å². The molecule has 1 saturated heterocycles. The summed E-state index contributed by atoms with van der Waals surface area (Å²) in [6.45, 7) is 19.9. The van der Waals surface area contributed by atoms with Crippen molar-refractivity contribution in [1.29, 1.82) is 0 Å². The Morgan fingerprint density at radius 3 is 2.00 bits per heavy atom. The largest absolute Gasteiger partial charge is 0.299 e. The maximum absolute atomic E-state index is 2.64. The second-order valence-electron chi connectivity index (χ2n) is 10.7. The van der Waals surface area contributed by atoms with Crippen molar-refractivity contribution in [2.24, 2.45) is 11.3 Å². The smallest absolute Gasteiger partial charge is 0.0322 e. The van der Waals surface area contributed by atoms with Gasteiger partial charge >= 0.3 is 0 Å². The molecule has 0 spiro atoms. The van der Waals surface area contributed by atoms with E-state index in [0.717, 1.165) is 12.5 Å². The summed E-state index contributed by atoms with van der Waals surface area (Å²) in [4.78, 5) is 5.08. The third-order valence-electron chi connectivity index (χ3n) is 6.12. The van der Waals surface area contributed by atoms with Crippen molar-refractivity contribution in [3.05, 3.63) is 35.4 Å². The molecule has 0 amide bonds. The van der Waals surface area contributed by atoms with Crippen molar-refractivity contribution in [3.8, 4) is 0 Å². The molecule has 0 N–H and O–H groups in total. The summed E-state index contributed by atoms with van der Waals surface area (Å²) in [6.07, 6.45) is 4.10. The molecule has 1 aliphatic heterocycles. The molecule has 1 fully saturated rings. The summed E-state index contributed by atoms with van der Waals surface area (Å²) in [6, 6.07) is 9.77. The van der Waals surface area contributed by atoms with Crippen LogP contribution >= 0.6 is 0 Å². The van der Waals surface area contributed by atoms with Gasteiger partial charge in [0.1, 0.15) is 0 Å². The van der Waals surface area contributed by atoms with Crippen LogP contribution in [-0.4, -0.2) is 35.5 Å². The molecular weight excluding hydrogens is 316 g/mol. The van der Waals surface area contributed by atoms with Gasteiger partial charge in [-0.05, 0) is 89.6 Å². The molecule has 0 bridgehead atoms. The zero-order valence-corrected chi connectivity index (χ0v) is 18.6. The van der Waals surface area contributed by atoms with Gasteiger partial charge in [-0.25, -0.2) is 0 Å². The average molecular weight is 359 g/mol. The number of piperidine rings is 1. The number of likely N-dealkylation sites (tertiary alicyclic amines) is 1. The Balaban J connectivity index is 1.87. The van der Waals surface area contributed by atoms with Crippen molar-refractivity contribution < 1.29 is 0 Å². The zero-order chi connectivity index (χ0) is 19.5. The highest BCUT2D eigenvalue weighted by Crippen LogP contribution is 2.31. The van der Waals surface area contributed by atoms with Gasteiger partial charge in [0.15, 0.2) is 0 Å². The van der Waals surface area contributed by atoms with Crippen LogP contribution < -0.4 is 0 Å². The predicted molar refractivity (Wildman–Crippen MR) is 114 cm³/mol. The number of hydrogen-bond donors (Lipinski definition) is 0. The quantitative estimate of drug-likeness (QED) is 0.625. The first-order chi connectivity index (χ1) is 12.0. The first-order valence-electron chi connectivity index (χ1n) is 10.5. The van der Waals surface area contributed by atoms with Crippen LogP contribution in [0.3, 0.4) is 0 Å². The topological polar surface area (TPSA) is 6.48 Å². The first-order valence-corrected chi connectivity index (χ1v) is 10.5. The first kappa shape index (κ1) is 21.4. The minimum absolute atomic E-state index is 0.190. The molecule has 1 unspecified atom stereocenters. The van der Waals surface area contributed by atoms with Crippen LogP contribution in [0, 0.1) is 11.3 Å². The fraction of sp³-hybridized carbons (Fsp3) is 0.750. The lowest BCUT2D eigenvalue weighted by molar-refractivity contribution is 0.126. The number of hydrogen-bond acceptors (Lipinski definition) is 2. The van der Waals surface area contributed by atoms with E-state index in [2.05, 4.69) is 89.6 Å². The molecule has 2 nitrogen and oxygen atoms in total. The van der Waals surface area contributed by atoms with Gasteiger partial charge in [0, 0.05) is 18.1 Å². The van der Waals surface area contributed by atoms with Crippen LogP contribution in [0.25, 0.3) is 0 Å². The lowest BCUT2D eigenvalue weighted by Crippen LogP contribution is -2.39. The van der Waals surface area contributed by atoms with Crippen LogP contribution in [0.15, 0.2) is 24.3 Å².